The minimum absolute atomic E-state index is 0.0503. The number of nitrogens with zero attached hydrogens (tertiary/aromatic N) is 5. The first kappa shape index (κ1) is 18.2. The van der Waals surface area contributed by atoms with E-state index in [0.717, 1.165) is 29.8 Å². The summed E-state index contributed by atoms with van der Waals surface area (Å²) in [5, 5.41) is 11.5. The Bertz CT molecular complexity index is 959. The number of amides is 1. The van der Waals surface area contributed by atoms with Crippen molar-refractivity contribution in [3.8, 4) is 11.4 Å². The van der Waals surface area contributed by atoms with Gasteiger partial charge in [-0.15, -0.1) is 5.10 Å². The Morgan fingerprint density at radius 1 is 1.04 bits per heavy atom. The molecule has 1 fully saturated rings. The molecular weight excluding hydrogens is 354 g/mol. The Kier molecular flexibility index (Phi) is 5.06. The largest absolute Gasteiger partial charge is 0.490 e. The van der Waals surface area contributed by atoms with Crippen molar-refractivity contribution in [2.75, 3.05) is 13.1 Å². The molecule has 28 heavy (non-hydrogen) atoms. The maximum absolute atomic E-state index is 12.8. The molecule has 1 aliphatic rings. The van der Waals surface area contributed by atoms with Crippen LogP contribution in [0.1, 0.15) is 34.6 Å². The van der Waals surface area contributed by atoms with Crippen molar-refractivity contribution in [2.24, 2.45) is 0 Å². The van der Waals surface area contributed by atoms with Crippen molar-refractivity contribution < 1.29 is 9.53 Å². The van der Waals surface area contributed by atoms with Crippen LogP contribution < -0.4 is 4.74 Å². The van der Waals surface area contributed by atoms with Gasteiger partial charge in [0, 0.05) is 31.5 Å². The molecule has 2 heterocycles. The Hall–Kier alpha value is -3.22. The summed E-state index contributed by atoms with van der Waals surface area (Å²) >= 11 is 0. The van der Waals surface area contributed by atoms with E-state index in [1.165, 1.54) is 0 Å². The van der Waals surface area contributed by atoms with Crippen LogP contribution in [0.25, 0.3) is 5.69 Å². The first-order valence-corrected chi connectivity index (χ1v) is 9.49. The topological polar surface area (TPSA) is 73.1 Å². The van der Waals surface area contributed by atoms with E-state index in [1.54, 1.807) is 4.68 Å². The molecule has 0 atom stereocenters. The van der Waals surface area contributed by atoms with Crippen LogP contribution in [0.15, 0.2) is 48.5 Å². The summed E-state index contributed by atoms with van der Waals surface area (Å²) < 4.78 is 7.77. The van der Waals surface area contributed by atoms with Crippen LogP contribution in [0, 0.1) is 13.8 Å². The fourth-order valence-electron chi connectivity index (χ4n) is 3.44. The van der Waals surface area contributed by atoms with Gasteiger partial charge in [0.05, 0.1) is 5.69 Å². The lowest BCUT2D eigenvalue weighted by molar-refractivity contribution is 0.0594. The number of para-hydroxylation sites is 1. The lowest BCUT2D eigenvalue weighted by Gasteiger charge is -2.32. The van der Waals surface area contributed by atoms with Crippen LogP contribution >= 0.6 is 0 Å². The highest BCUT2D eigenvalue weighted by atomic mass is 16.5. The van der Waals surface area contributed by atoms with E-state index in [-0.39, 0.29) is 12.0 Å². The highest BCUT2D eigenvalue weighted by Gasteiger charge is 2.25. The monoisotopic (exact) mass is 377 g/mol. The molecule has 0 saturated carbocycles. The summed E-state index contributed by atoms with van der Waals surface area (Å²) in [4.78, 5) is 14.7. The van der Waals surface area contributed by atoms with Gasteiger partial charge in [-0.3, -0.25) is 4.79 Å². The zero-order valence-electron chi connectivity index (χ0n) is 16.1. The average molecular weight is 377 g/mol. The van der Waals surface area contributed by atoms with Crippen molar-refractivity contribution >= 4 is 5.91 Å². The molecule has 1 saturated heterocycles. The third-order valence-electron chi connectivity index (χ3n) is 5.10. The molecule has 7 nitrogen and oxygen atoms in total. The standard InChI is InChI=1S/C21H23N5O2/c1-15-5-3-4-6-20(15)28-19-11-13-25(14-12-19)21(27)17-7-9-18(10-8-17)26-16(2)22-23-24-26/h3-10,19H,11-14H2,1-2H3. The van der Waals surface area contributed by atoms with Crippen LogP contribution in [0.5, 0.6) is 5.75 Å². The molecule has 3 aromatic rings. The van der Waals surface area contributed by atoms with Crippen molar-refractivity contribution in [3.05, 3.63) is 65.5 Å². The Morgan fingerprint density at radius 3 is 2.39 bits per heavy atom. The molecule has 1 aliphatic heterocycles. The second-order valence-electron chi connectivity index (χ2n) is 7.06. The number of rotatable bonds is 4. The molecule has 0 aliphatic carbocycles. The number of hydrogen-bond acceptors (Lipinski definition) is 5. The van der Waals surface area contributed by atoms with Crippen molar-refractivity contribution in [1.82, 2.24) is 25.1 Å². The van der Waals surface area contributed by atoms with Gasteiger partial charge in [-0.05, 0) is 60.2 Å². The normalized spacial score (nSPS) is 14.9. The maximum Gasteiger partial charge on any atom is 0.253 e. The number of aryl methyl sites for hydroxylation is 2. The number of tetrazole rings is 1. The van der Waals surface area contributed by atoms with E-state index in [4.69, 9.17) is 4.74 Å². The number of carbonyl (C=O) groups excluding carboxylic acids is 1. The summed E-state index contributed by atoms with van der Waals surface area (Å²) in [5.41, 5.74) is 2.65. The van der Waals surface area contributed by atoms with Crippen LogP contribution in [-0.4, -0.2) is 50.2 Å². The molecule has 2 aromatic carbocycles. The second kappa shape index (κ2) is 7.80. The molecule has 4 rings (SSSR count). The van der Waals surface area contributed by atoms with Gasteiger partial charge in [-0.2, -0.15) is 4.68 Å². The number of ether oxygens (including phenoxy) is 1. The summed E-state index contributed by atoms with van der Waals surface area (Å²) in [7, 11) is 0. The van der Waals surface area contributed by atoms with Crippen molar-refractivity contribution in [3.63, 3.8) is 0 Å². The molecule has 7 heteroatoms. The SMILES string of the molecule is Cc1ccccc1OC1CCN(C(=O)c2ccc(-n3nnnc3C)cc2)CC1. The van der Waals surface area contributed by atoms with E-state index in [9.17, 15) is 4.79 Å². The smallest absolute Gasteiger partial charge is 0.253 e. The van der Waals surface area contributed by atoms with E-state index in [2.05, 4.69) is 28.5 Å². The predicted octanol–water partition coefficient (Wildman–Crippen LogP) is 2.96. The van der Waals surface area contributed by atoms with Gasteiger partial charge < -0.3 is 9.64 Å². The number of hydrogen-bond donors (Lipinski definition) is 0. The van der Waals surface area contributed by atoms with E-state index in [1.807, 2.05) is 54.3 Å². The maximum atomic E-state index is 12.8. The molecule has 0 spiro atoms. The minimum Gasteiger partial charge on any atom is -0.490 e. The molecule has 0 bridgehead atoms. The minimum atomic E-state index is 0.0503. The molecule has 0 unspecified atom stereocenters. The fourth-order valence-corrected chi connectivity index (χ4v) is 3.44. The highest BCUT2D eigenvalue weighted by Crippen LogP contribution is 2.23. The second-order valence-corrected chi connectivity index (χ2v) is 7.06. The van der Waals surface area contributed by atoms with Gasteiger partial charge in [-0.1, -0.05) is 18.2 Å². The first-order valence-electron chi connectivity index (χ1n) is 9.49. The van der Waals surface area contributed by atoms with Gasteiger partial charge in [-0.25, -0.2) is 0 Å². The Morgan fingerprint density at radius 2 is 1.75 bits per heavy atom. The molecule has 0 radical (unpaired) electrons. The fraction of sp³-hybridized carbons (Fsp3) is 0.333. The molecule has 144 valence electrons. The summed E-state index contributed by atoms with van der Waals surface area (Å²) in [6.07, 6.45) is 1.82. The van der Waals surface area contributed by atoms with E-state index < -0.39 is 0 Å². The number of piperidine rings is 1. The molecular formula is C21H23N5O2. The average Bonchev–Trinajstić information content (AvgIpc) is 3.16. The predicted molar refractivity (Wildman–Crippen MR) is 105 cm³/mol. The number of carbonyl (C=O) groups is 1. The molecule has 1 amide bonds. The van der Waals surface area contributed by atoms with Gasteiger partial charge in [0.1, 0.15) is 11.9 Å². The Balaban J connectivity index is 1.36. The third-order valence-corrected chi connectivity index (χ3v) is 5.10. The van der Waals surface area contributed by atoms with Crippen molar-refractivity contribution in [1.29, 1.82) is 0 Å². The van der Waals surface area contributed by atoms with Gasteiger partial charge in [0.15, 0.2) is 5.82 Å². The summed E-state index contributed by atoms with van der Waals surface area (Å²) in [6, 6.07) is 15.4. The summed E-state index contributed by atoms with van der Waals surface area (Å²) in [6.45, 7) is 5.28. The lowest BCUT2D eigenvalue weighted by atomic mass is 10.1. The zero-order chi connectivity index (χ0) is 19.5. The van der Waals surface area contributed by atoms with E-state index in [0.29, 0.717) is 24.5 Å². The van der Waals surface area contributed by atoms with Gasteiger partial charge in [0.25, 0.3) is 5.91 Å². The number of likely N-dealkylation sites (tertiary alicyclic amines) is 1. The van der Waals surface area contributed by atoms with Crippen LogP contribution in [0.3, 0.4) is 0 Å². The zero-order valence-corrected chi connectivity index (χ0v) is 16.1. The number of aromatic nitrogens is 4. The van der Waals surface area contributed by atoms with Gasteiger partial charge in [0.2, 0.25) is 0 Å². The quantitative estimate of drug-likeness (QED) is 0.699. The molecule has 1 aromatic heterocycles. The summed E-state index contributed by atoms with van der Waals surface area (Å²) in [5.74, 6) is 1.69. The number of benzene rings is 2. The van der Waals surface area contributed by atoms with E-state index >= 15 is 0 Å². The lowest BCUT2D eigenvalue weighted by Crippen LogP contribution is -2.41. The third kappa shape index (κ3) is 3.74. The first-order chi connectivity index (χ1) is 13.6. The van der Waals surface area contributed by atoms with Crippen LogP contribution in [0.4, 0.5) is 0 Å². The van der Waals surface area contributed by atoms with Crippen molar-refractivity contribution in [2.45, 2.75) is 32.8 Å². The van der Waals surface area contributed by atoms with Crippen LogP contribution in [0.2, 0.25) is 0 Å². The Labute approximate surface area is 163 Å². The van der Waals surface area contributed by atoms with Crippen LogP contribution in [-0.2, 0) is 0 Å². The highest BCUT2D eigenvalue weighted by molar-refractivity contribution is 5.94. The van der Waals surface area contributed by atoms with Gasteiger partial charge >= 0.3 is 0 Å². The molecule has 0 N–H and O–H groups in total.